The van der Waals surface area contributed by atoms with Crippen molar-refractivity contribution < 1.29 is 4.79 Å². The zero-order valence-electron chi connectivity index (χ0n) is 9.44. The van der Waals surface area contributed by atoms with Crippen LogP contribution >= 0.6 is 58.0 Å². The monoisotopic (exact) mass is 369 g/mol. The van der Waals surface area contributed by atoms with E-state index in [1.807, 2.05) is 0 Å². The van der Waals surface area contributed by atoms with Crippen LogP contribution in [0.15, 0.2) is 16.9 Å². The molecule has 0 unspecified atom stereocenters. The van der Waals surface area contributed by atoms with Gasteiger partial charge in [-0.05, 0) is 6.07 Å². The van der Waals surface area contributed by atoms with Crippen LogP contribution in [-0.2, 0) is 0 Å². The van der Waals surface area contributed by atoms with Crippen LogP contribution in [0, 0.1) is 0 Å². The fourth-order valence-electron chi connectivity index (χ4n) is 1.64. The minimum Gasteiger partial charge on any atom is -0.319 e. The Labute approximate surface area is 138 Å². The first-order valence-electron chi connectivity index (χ1n) is 5.08. The summed E-state index contributed by atoms with van der Waals surface area (Å²) in [4.78, 5) is 24.7. The van der Waals surface area contributed by atoms with Crippen LogP contribution in [0.2, 0.25) is 25.1 Å². The number of carbonyl (C=O) groups excluding carboxylic acids is 1. The molecule has 3 nitrogen and oxygen atoms in total. The van der Waals surface area contributed by atoms with Crippen molar-refractivity contribution in [1.82, 2.24) is 4.98 Å². The van der Waals surface area contributed by atoms with Gasteiger partial charge in [-0.25, -0.2) is 0 Å². The zero-order chi connectivity index (χ0) is 15.0. The van der Waals surface area contributed by atoms with Crippen LogP contribution in [0.25, 0.3) is 11.1 Å². The molecule has 0 amide bonds. The first-order valence-corrected chi connectivity index (χ1v) is 6.97. The number of rotatable bonds is 2. The van der Waals surface area contributed by atoms with Gasteiger partial charge in [-0.15, -0.1) is 0 Å². The lowest BCUT2D eigenvalue weighted by Gasteiger charge is -2.13. The van der Waals surface area contributed by atoms with Gasteiger partial charge in [0.15, 0.2) is 6.29 Å². The van der Waals surface area contributed by atoms with Gasteiger partial charge in [0, 0.05) is 17.2 Å². The number of aromatic amines is 1. The van der Waals surface area contributed by atoms with Gasteiger partial charge in [0.25, 0.3) is 0 Å². The van der Waals surface area contributed by atoms with Crippen molar-refractivity contribution in [1.29, 1.82) is 0 Å². The van der Waals surface area contributed by atoms with E-state index in [9.17, 15) is 9.59 Å². The van der Waals surface area contributed by atoms with E-state index in [1.165, 1.54) is 12.1 Å². The van der Waals surface area contributed by atoms with E-state index in [2.05, 4.69) is 4.98 Å². The van der Waals surface area contributed by atoms with Crippen LogP contribution in [0.3, 0.4) is 0 Å². The predicted molar refractivity (Wildman–Crippen MR) is 82.9 cm³/mol. The third kappa shape index (κ3) is 2.57. The summed E-state index contributed by atoms with van der Waals surface area (Å²) in [6.07, 6.45) is 0.472. The number of hydrogen-bond acceptors (Lipinski definition) is 2. The van der Waals surface area contributed by atoms with Crippen molar-refractivity contribution >= 4 is 64.3 Å². The highest BCUT2D eigenvalue weighted by molar-refractivity contribution is 6.56. The molecule has 104 valence electrons. The third-order valence-electron chi connectivity index (χ3n) is 2.55. The molecule has 0 fully saturated rings. The molecule has 0 spiro atoms. The van der Waals surface area contributed by atoms with Crippen LogP contribution in [0.4, 0.5) is 0 Å². The molecule has 0 aliphatic heterocycles. The molecule has 2 rings (SSSR count). The van der Waals surface area contributed by atoms with Crippen molar-refractivity contribution in [3.8, 4) is 11.1 Å². The molecule has 1 aromatic carbocycles. The van der Waals surface area contributed by atoms with E-state index in [1.54, 1.807) is 0 Å². The standard InChI is InChI=1S/C12H4Cl5NO2/c13-8-7(9(14)11(16)12(17)10(8)15)4-1-2-6(20)18-5(4)3-19/h1-3H,(H,18,20). The number of nitrogens with one attached hydrogen (secondary N) is 1. The van der Waals surface area contributed by atoms with Crippen LogP contribution < -0.4 is 5.56 Å². The molecule has 8 heteroatoms. The molecule has 0 saturated carbocycles. The van der Waals surface area contributed by atoms with Gasteiger partial charge >= 0.3 is 0 Å². The summed E-state index contributed by atoms with van der Waals surface area (Å²) in [6, 6.07) is 2.63. The van der Waals surface area contributed by atoms with E-state index >= 15 is 0 Å². The summed E-state index contributed by atoms with van der Waals surface area (Å²) < 4.78 is 0. The van der Waals surface area contributed by atoms with Crippen molar-refractivity contribution in [2.45, 2.75) is 0 Å². The third-order valence-corrected chi connectivity index (χ3v) is 4.82. The second-order valence-corrected chi connectivity index (χ2v) is 5.60. The number of benzene rings is 1. The zero-order valence-corrected chi connectivity index (χ0v) is 13.2. The summed E-state index contributed by atoms with van der Waals surface area (Å²) in [6.45, 7) is 0. The van der Waals surface area contributed by atoms with E-state index < -0.39 is 5.56 Å². The second kappa shape index (κ2) is 5.96. The van der Waals surface area contributed by atoms with E-state index in [0.717, 1.165) is 0 Å². The average Bonchev–Trinajstić information content (AvgIpc) is 2.44. The fourth-order valence-corrected chi connectivity index (χ4v) is 2.98. The van der Waals surface area contributed by atoms with Gasteiger partial charge in [0.05, 0.1) is 30.8 Å². The topological polar surface area (TPSA) is 49.9 Å². The molecule has 1 N–H and O–H groups in total. The molecule has 0 bridgehead atoms. The Hall–Kier alpha value is -0.710. The van der Waals surface area contributed by atoms with E-state index in [-0.39, 0.29) is 36.4 Å². The number of pyridine rings is 1. The number of aldehydes is 1. The highest BCUT2D eigenvalue weighted by Gasteiger charge is 2.22. The van der Waals surface area contributed by atoms with Crippen molar-refractivity contribution in [3.05, 3.63) is 53.3 Å². The normalized spacial score (nSPS) is 10.7. The molecular formula is C12H4Cl5NO2. The number of hydrogen-bond donors (Lipinski definition) is 1. The van der Waals surface area contributed by atoms with Gasteiger partial charge < -0.3 is 4.98 Å². The van der Waals surface area contributed by atoms with Gasteiger partial charge in [-0.1, -0.05) is 58.0 Å². The Bertz CT molecular complexity index is 740. The van der Waals surface area contributed by atoms with Crippen LogP contribution in [0.1, 0.15) is 10.5 Å². The highest BCUT2D eigenvalue weighted by Crippen LogP contribution is 2.48. The summed E-state index contributed by atoms with van der Waals surface area (Å²) >= 11 is 30.0. The molecule has 1 aromatic heterocycles. The maximum absolute atomic E-state index is 11.2. The van der Waals surface area contributed by atoms with Crippen LogP contribution in [0.5, 0.6) is 0 Å². The lowest BCUT2D eigenvalue weighted by molar-refractivity contribution is 0.111. The Kier molecular flexibility index (Phi) is 4.67. The lowest BCUT2D eigenvalue weighted by atomic mass is 10.0. The van der Waals surface area contributed by atoms with Crippen molar-refractivity contribution in [2.24, 2.45) is 0 Å². The van der Waals surface area contributed by atoms with Gasteiger partial charge in [-0.2, -0.15) is 0 Å². The van der Waals surface area contributed by atoms with Gasteiger partial charge in [0.2, 0.25) is 5.56 Å². The number of halogens is 5. The smallest absolute Gasteiger partial charge is 0.248 e. The first kappa shape index (κ1) is 15.7. The largest absolute Gasteiger partial charge is 0.319 e. The van der Waals surface area contributed by atoms with Crippen LogP contribution in [-0.4, -0.2) is 11.3 Å². The molecule has 0 atom stereocenters. The molecule has 0 saturated heterocycles. The molecular weight excluding hydrogens is 367 g/mol. The SMILES string of the molecule is O=Cc1[nH]c(=O)ccc1-c1c(Cl)c(Cl)c(Cl)c(Cl)c1Cl. The number of H-pyrrole nitrogens is 1. The molecule has 2 aromatic rings. The Morgan fingerprint density at radius 1 is 0.850 bits per heavy atom. The van der Waals surface area contributed by atoms with E-state index in [4.69, 9.17) is 58.0 Å². The predicted octanol–water partition coefficient (Wildman–Crippen LogP) is 5.12. The highest BCUT2D eigenvalue weighted by atomic mass is 35.5. The molecule has 1 heterocycles. The number of carbonyl (C=O) groups is 1. The lowest BCUT2D eigenvalue weighted by Crippen LogP contribution is -2.08. The quantitative estimate of drug-likeness (QED) is 0.452. The van der Waals surface area contributed by atoms with Crippen molar-refractivity contribution in [2.75, 3.05) is 0 Å². The molecule has 0 aliphatic carbocycles. The maximum atomic E-state index is 11.2. The Morgan fingerprint density at radius 2 is 1.35 bits per heavy atom. The molecule has 20 heavy (non-hydrogen) atoms. The number of aromatic nitrogens is 1. The molecule has 0 radical (unpaired) electrons. The summed E-state index contributed by atoms with van der Waals surface area (Å²) in [5, 5.41) is 0.133. The summed E-state index contributed by atoms with van der Waals surface area (Å²) in [5.41, 5.74) is 0.103. The minimum atomic E-state index is -0.436. The van der Waals surface area contributed by atoms with E-state index in [0.29, 0.717) is 11.8 Å². The minimum absolute atomic E-state index is 0.00996. The van der Waals surface area contributed by atoms with Gasteiger partial charge in [-0.3, -0.25) is 9.59 Å². The maximum Gasteiger partial charge on any atom is 0.248 e. The Morgan fingerprint density at radius 3 is 1.85 bits per heavy atom. The molecule has 0 aliphatic rings. The van der Waals surface area contributed by atoms with Crippen molar-refractivity contribution in [3.63, 3.8) is 0 Å². The van der Waals surface area contributed by atoms with Gasteiger partial charge in [0.1, 0.15) is 0 Å². The Balaban J connectivity index is 2.90. The summed E-state index contributed by atoms with van der Waals surface area (Å²) in [5.74, 6) is 0. The summed E-state index contributed by atoms with van der Waals surface area (Å²) in [7, 11) is 0. The average molecular weight is 371 g/mol. The fraction of sp³-hybridized carbons (Fsp3) is 0. The second-order valence-electron chi connectivity index (χ2n) is 3.71. The first-order chi connectivity index (χ1) is 9.38.